The van der Waals surface area contributed by atoms with Gasteiger partial charge >= 0.3 is 5.51 Å². The number of carbonyl (C=O) groups excluding carboxylic acids is 1. The van der Waals surface area contributed by atoms with Gasteiger partial charge < -0.3 is 0 Å². The summed E-state index contributed by atoms with van der Waals surface area (Å²) in [5.74, 6) is -0.531. The van der Waals surface area contributed by atoms with Crippen LogP contribution in [0.5, 0.6) is 0 Å². The first-order valence-electron chi connectivity index (χ1n) is 4.93. The predicted molar refractivity (Wildman–Crippen MR) is 62.6 cm³/mol. The van der Waals surface area contributed by atoms with E-state index in [-0.39, 0.29) is 5.56 Å². The third-order valence-electron chi connectivity index (χ3n) is 2.09. The number of Topliss-reactive ketones (excluding diaryl/α,β-unsaturated/α-hetero) is 1. The van der Waals surface area contributed by atoms with Crippen LogP contribution < -0.4 is 0 Å². The molecule has 0 bridgehead atoms. The molecule has 0 spiro atoms. The Morgan fingerprint density at radius 2 is 1.74 bits per heavy atom. The second-order valence-electron chi connectivity index (χ2n) is 3.66. The van der Waals surface area contributed by atoms with Crippen molar-refractivity contribution in [3.8, 4) is 0 Å². The van der Waals surface area contributed by atoms with Gasteiger partial charge in [-0.3, -0.25) is 4.79 Å². The number of benzene rings is 1. The maximum Gasteiger partial charge on any atom is 0.446 e. The minimum absolute atomic E-state index is 0.0706. The summed E-state index contributed by atoms with van der Waals surface area (Å²) in [4.78, 5) is 10.6. The molecule has 0 saturated carbocycles. The molecule has 106 valence electrons. The Morgan fingerprint density at radius 3 is 2.16 bits per heavy atom. The Kier molecular flexibility index (Phi) is 5.20. The van der Waals surface area contributed by atoms with E-state index in [4.69, 9.17) is 11.6 Å². The van der Waals surface area contributed by atoms with E-state index >= 15 is 0 Å². The van der Waals surface area contributed by atoms with Gasteiger partial charge in [0.25, 0.3) is 6.43 Å². The van der Waals surface area contributed by atoms with Gasteiger partial charge in [0, 0.05) is 10.5 Å². The molecular formula is C11H8ClF5OS. The van der Waals surface area contributed by atoms with E-state index in [1.807, 2.05) is 0 Å². The highest BCUT2D eigenvalue weighted by atomic mass is 35.5. The summed E-state index contributed by atoms with van der Waals surface area (Å²) in [6.07, 6.45) is -2.94. The van der Waals surface area contributed by atoms with Gasteiger partial charge in [0.2, 0.25) is 0 Å². The summed E-state index contributed by atoms with van der Waals surface area (Å²) in [5, 5.41) is -1.24. The van der Waals surface area contributed by atoms with E-state index in [1.54, 1.807) is 0 Å². The molecule has 1 nitrogen and oxygen atoms in total. The molecule has 0 aliphatic carbocycles. The fraction of sp³-hybridized carbons (Fsp3) is 0.364. The minimum Gasteiger partial charge on any atom is -0.298 e. The van der Waals surface area contributed by atoms with Gasteiger partial charge in [0.1, 0.15) is 5.38 Å². The maximum absolute atomic E-state index is 12.6. The molecule has 0 heterocycles. The molecule has 1 atom stereocenters. The SMILES string of the molecule is CC(=O)C(Cl)c1cc(SC(F)(F)F)cc(C(F)F)c1. The van der Waals surface area contributed by atoms with E-state index < -0.39 is 45.3 Å². The van der Waals surface area contributed by atoms with Crippen LogP contribution in [-0.4, -0.2) is 11.3 Å². The molecule has 0 amide bonds. The lowest BCUT2D eigenvalue weighted by atomic mass is 10.1. The quantitative estimate of drug-likeness (QED) is 0.436. The molecule has 1 rings (SSSR count). The minimum atomic E-state index is -4.60. The molecule has 1 unspecified atom stereocenters. The van der Waals surface area contributed by atoms with Gasteiger partial charge in [0.15, 0.2) is 5.78 Å². The summed E-state index contributed by atoms with van der Waals surface area (Å²) in [7, 11) is 0. The van der Waals surface area contributed by atoms with E-state index in [2.05, 4.69) is 0 Å². The van der Waals surface area contributed by atoms with Crippen molar-refractivity contribution in [3.05, 3.63) is 29.3 Å². The first-order chi connectivity index (χ1) is 8.60. The highest BCUT2D eigenvalue weighted by Crippen LogP contribution is 2.40. The molecule has 0 saturated heterocycles. The van der Waals surface area contributed by atoms with Crippen LogP contribution in [0.4, 0.5) is 22.0 Å². The molecule has 0 N–H and O–H groups in total. The van der Waals surface area contributed by atoms with Crippen molar-refractivity contribution in [2.75, 3.05) is 0 Å². The van der Waals surface area contributed by atoms with Crippen molar-refractivity contribution in [3.63, 3.8) is 0 Å². The second-order valence-corrected chi connectivity index (χ2v) is 5.23. The van der Waals surface area contributed by atoms with Crippen LogP contribution in [0.1, 0.15) is 29.9 Å². The zero-order valence-corrected chi connectivity index (χ0v) is 11.0. The number of hydrogen-bond acceptors (Lipinski definition) is 2. The zero-order valence-electron chi connectivity index (χ0n) is 9.47. The van der Waals surface area contributed by atoms with Crippen LogP contribution in [0.15, 0.2) is 23.1 Å². The Labute approximate surface area is 115 Å². The van der Waals surface area contributed by atoms with Gasteiger partial charge in [-0.15, -0.1) is 11.6 Å². The van der Waals surface area contributed by atoms with E-state index in [0.29, 0.717) is 0 Å². The van der Waals surface area contributed by atoms with Crippen LogP contribution in [-0.2, 0) is 4.79 Å². The van der Waals surface area contributed by atoms with Crippen molar-refractivity contribution in [2.24, 2.45) is 0 Å². The average molecular weight is 319 g/mol. The van der Waals surface area contributed by atoms with Gasteiger partial charge in [-0.1, -0.05) is 0 Å². The third-order valence-corrected chi connectivity index (χ3v) is 3.35. The van der Waals surface area contributed by atoms with Crippen molar-refractivity contribution < 1.29 is 26.7 Å². The first-order valence-corrected chi connectivity index (χ1v) is 6.18. The number of thioether (sulfide) groups is 1. The topological polar surface area (TPSA) is 17.1 Å². The zero-order chi connectivity index (χ0) is 14.8. The summed E-state index contributed by atoms with van der Waals surface area (Å²) in [5.41, 5.74) is -5.27. The van der Waals surface area contributed by atoms with Gasteiger partial charge in [-0.2, -0.15) is 13.2 Å². The van der Waals surface area contributed by atoms with Crippen LogP contribution in [0.25, 0.3) is 0 Å². The van der Waals surface area contributed by atoms with Crippen molar-refractivity contribution in [1.82, 2.24) is 0 Å². The van der Waals surface area contributed by atoms with Gasteiger partial charge in [0.05, 0.1) is 0 Å². The van der Waals surface area contributed by atoms with Crippen LogP contribution in [0.3, 0.4) is 0 Å². The molecule has 0 radical (unpaired) electrons. The normalized spacial score (nSPS) is 13.7. The molecule has 1 aromatic rings. The lowest BCUT2D eigenvalue weighted by molar-refractivity contribution is -0.116. The summed E-state index contributed by atoms with van der Waals surface area (Å²) < 4.78 is 61.9. The molecule has 1 aromatic carbocycles. The average Bonchev–Trinajstić information content (AvgIpc) is 2.24. The van der Waals surface area contributed by atoms with Crippen molar-refractivity contribution in [1.29, 1.82) is 0 Å². The monoisotopic (exact) mass is 318 g/mol. The summed E-state index contributed by atoms with van der Waals surface area (Å²) in [6.45, 7) is 1.13. The van der Waals surface area contributed by atoms with Crippen molar-refractivity contribution >= 4 is 29.1 Å². The fourth-order valence-corrected chi connectivity index (χ4v) is 2.13. The van der Waals surface area contributed by atoms with Crippen LogP contribution in [0, 0.1) is 0 Å². The highest BCUT2D eigenvalue weighted by Gasteiger charge is 2.30. The Hall–Kier alpha value is -0.820. The molecule has 8 heteroatoms. The largest absolute Gasteiger partial charge is 0.446 e. The van der Waals surface area contributed by atoms with Crippen molar-refractivity contribution in [2.45, 2.75) is 29.1 Å². The summed E-state index contributed by atoms with van der Waals surface area (Å²) >= 11 is 5.15. The molecule has 0 aliphatic heterocycles. The fourth-order valence-electron chi connectivity index (χ4n) is 1.35. The molecule has 19 heavy (non-hydrogen) atoms. The van der Waals surface area contributed by atoms with E-state index in [1.165, 1.54) is 0 Å². The third kappa shape index (κ3) is 4.99. The lowest BCUT2D eigenvalue weighted by Crippen LogP contribution is -2.04. The number of rotatable bonds is 4. The molecular weight excluding hydrogens is 311 g/mol. The maximum atomic E-state index is 12.6. The molecule has 0 fully saturated rings. The smallest absolute Gasteiger partial charge is 0.298 e. The van der Waals surface area contributed by atoms with E-state index in [0.717, 1.165) is 25.1 Å². The molecule has 0 aromatic heterocycles. The predicted octanol–water partition coefficient (Wildman–Crippen LogP) is 5.11. The number of hydrogen-bond donors (Lipinski definition) is 0. The van der Waals surface area contributed by atoms with Gasteiger partial charge in [-0.05, 0) is 42.4 Å². The second kappa shape index (κ2) is 6.09. The Balaban J connectivity index is 3.22. The Morgan fingerprint density at radius 1 is 1.21 bits per heavy atom. The number of ketones is 1. The molecule has 0 aliphatic rings. The lowest BCUT2D eigenvalue weighted by Gasteiger charge is -2.12. The first kappa shape index (κ1) is 16.2. The number of carbonyl (C=O) groups is 1. The standard InChI is InChI=1S/C11H8ClF5OS/c1-5(18)9(12)6-2-7(10(13)14)4-8(3-6)19-11(15,16)17/h2-4,9-10H,1H3. The Bertz CT molecular complexity index is 475. The van der Waals surface area contributed by atoms with Crippen LogP contribution in [0.2, 0.25) is 0 Å². The van der Waals surface area contributed by atoms with Gasteiger partial charge in [-0.25, -0.2) is 8.78 Å². The summed E-state index contributed by atoms with van der Waals surface area (Å²) in [6, 6.07) is 2.66. The number of halogens is 6. The van der Waals surface area contributed by atoms with Crippen LogP contribution >= 0.6 is 23.4 Å². The van der Waals surface area contributed by atoms with E-state index in [9.17, 15) is 26.7 Å². The number of alkyl halides is 6. The highest BCUT2D eigenvalue weighted by molar-refractivity contribution is 8.00.